The molecule has 2 rings (SSSR count). The van der Waals surface area contributed by atoms with Gasteiger partial charge in [0.15, 0.2) is 5.82 Å². The molecule has 88 valence electrons. The fourth-order valence-electron chi connectivity index (χ4n) is 2.21. The standard InChI is InChI=1S/C12H20N4/c1-3-13-9-11-5-4-8-16(11)12-7-6-10(2)14-15-12/h6-7,11,13H,3-5,8-9H2,1-2H3. The second-order valence-electron chi connectivity index (χ2n) is 4.33. The highest BCUT2D eigenvalue weighted by Crippen LogP contribution is 2.22. The Hall–Kier alpha value is -1.16. The summed E-state index contributed by atoms with van der Waals surface area (Å²) < 4.78 is 0. The number of nitrogens with one attached hydrogen (secondary N) is 1. The van der Waals surface area contributed by atoms with Gasteiger partial charge in [-0.1, -0.05) is 6.92 Å². The van der Waals surface area contributed by atoms with Crippen LogP contribution in [-0.2, 0) is 0 Å². The lowest BCUT2D eigenvalue weighted by Crippen LogP contribution is -2.38. The molecule has 1 unspecified atom stereocenters. The van der Waals surface area contributed by atoms with Gasteiger partial charge in [-0.2, -0.15) is 5.10 Å². The maximum absolute atomic E-state index is 4.27. The molecule has 0 amide bonds. The predicted molar refractivity (Wildman–Crippen MR) is 65.7 cm³/mol. The van der Waals surface area contributed by atoms with Gasteiger partial charge in [-0.3, -0.25) is 0 Å². The van der Waals surface area contributed by atoms with Gasteiger partial charge in [-0.15, -0.1) is 5.10 Å². The first-order valence-electron chi connectivity index (χ1n) is 6.09. The van der Waals surface area contributed by atoms with Crippen LogP contribution in [0.25, 0.3) is 0 Å². The highest BCUT2D eigenvalue weighted by Gasteiger charge is 2.25. The minimum atomic E-state index is 0.581. The smallest absolute Gasteiger partial charge is 0.151 e. The van der Waals surface area contributed by atoms with Gasteiger partial charge < -0.3 is 10.2 Å². The molecule has 0 radical (unpaired) electrons. The molecule has 16 heavy (non-hydrogen) atoms. The molecular formula is C12H20N4. The summed E-state index contributed by atoms with van der Waals surface area (Å²) in [5.74, 6) is 1.02. The lowest BCUT2D eigenvalue weighted by Gasteiger charge is -2.25. The van der Waals surface area contributed by atoms with Gasteiger partial charge in [-0.25, -0.2) is 0 Å². The maximum Gasteiger partial charge on any atom is 0.151 e. The Labute approximate surface area is 97.1 Å². The fraction of sp³-hybridized carbons (Fsp3) is 0.667. The van der Waals surface area contributed by atoms with Crippen molar-refractivity contribution in [1.82, 2.24) is 15.5 Å². The molecule has 1 saturated heterocycles. The molecule has 0 aromatic carbocycles. The van der Waals surface area contributed by atoms with E-state index >= 15 is 0 Å². The average Bonchev–Trinajstić information content (AvgIpc) is 2.75. The molecule has 0 aliphatic carbocycles. The number of aryl methyl sites for hydroxylation is 1. The van der Waals surface area contributed by atoms with Crippen molar-refractivity contribution < 1.29 is 0 Å². The molecule has 0 saturated carbocycles. The van der Waals surface area contributed by atoms with Crippen molar-refractivity contribution in [2.24, 2.45) is 0 Å². The monoisotopic (exact) mass is 220 g/mol. The van der Waals surface area contributed by atoms with Crippen LogP contribution in [0.15, 0.2) is 12.1 Å². The summed E-state index contributed by atoms with van der Waals surface area (Å²) in [5, 5.41) is 11.8. The highest BCUT2D eigenvalue weighted by molar-refractivity contribution is 5.40. The van der Waals surface area contributed by atoms with Crippen LogP contribution in [0.3, 0.4) is 0 Å². The number of anilines is 1. The number of rotatable bonds is 4. The van der Waals surface area contributed by atoms with Gasteiger partial charge in [-0.05, 0) is 38.4 Å². The van der Waals surface area contributed by atoms with Gasteiger partial charge >= 0.3 is 0 Å². The van der Waals surface area contributed by atoms with E-state index in [0.29, 0.717) is 6.04 Å². The van der Waals surface area contributed by atoms with E-state index in [1.165, 1.54) is 12.8 Å². The first-order chi connectivity index (χ1) is 7.81. The van der Waals surface area contributed by atoms with Crippen LogP contribution < -0.4 is 10.2 Å². The quantitative estimate of drug-likeness (QED) is 0.832. The van der Waals surface area contributed by atoms with Crippen molar-refractivity contribution in [3.05, 3.63) is 17.8 Å². The van der Waals surface area contributed by atoms with E-state index in [0.717, 1.165) is 31.1 Å². The largest absolute Gasteiger partial charge is 0.351 e. The molecule has 0 spiro atoms. The molecule has 4 nitrogen and oxygen atoms in total. The van der Waals surface area contributed by atoms with E-state index in [-0.39, 0.29) is 0 Å². The summed E-state index contributed by atoms with van der Waals surface area (Å²) in [6, 6.07) is 4.69. The molecule has 1 aliphatic heterocycles. The van der Waals surface area contributed by atoms with Gasteiger partial charge in [0.1, 0.15) is 0 Å². The molecule has 2 heterocycles. The van der Waals surface area contributed by atoms with Crippen molar-refractivity contribution in [2.45, 2.75) is 32.7 Å². The Morgan fingerprint density at radius 2 is 2.31 bits per heavy atom. The normalized spacial score (nSPS) is 20.4. The summed E-state index contributed by atoms with van der Waals surface area (Å²) in [6.07, 6.45) is 2.51. The topological polar surface area (TPSA) is 41.0 Å². The first-order valence-corrected chi connectivity index (χ1v) is 6.09. The van der Waals surface area contributed by atoms with E-state index < -0.39 is 0 Å². The van der Waals surface area contributed by atoms with Crippen molar-refractivity contribution in [2.75, 3.05) is 24.5 Å². The Morgan fingerprint density at radius 1 is 1.44 bits per heavy atom. The van der Waals surface area contributed by atoms with Crippen LogP contribution in [0.5, 0.6) is 0 Å². The van der Waals surface area contributed by atoms with Crippen LogP contribution >= 0.6 is 0 Å². The Balaban J connectivity index is 2.04. The second-order valence-corrected chi connectivity index (χ2v) is 4.33. The summed E-state index contributed by atoms with van der Waals surface area (Å²) >= 11 is 0. The lowest BCUT2D eigenvalue weighted by atomic mass is 10.2. The van der Waals surface area contributed by atoms with Crippen molar-refractivity contribution in [3.8, 4) is 0 Å². The second kappa shape index (κ2) is 5.25. The minimum absolute atomic E-state index is 0.581. The molecular weight excluding hydrogens is 200 g/mol. The van der Waals surface area contributed by atoms with E-state index in [1.807, 2.05) is 13.0 Å². The molecule has 0 bridgehead atoms. The third-order valence-electron chi connectivity index (χ3n) is 3.09. The first kappa shape index (κ1) is 11.3. The SMILES string of the molecule is CCNCC1CCCN1c1ccc(C)nn1. The zero-order chi connectivity index (χ0) is 11.4. The van der Waals surface area contributed by atoms with Crippen molar-refractivity contribution >= 4 is 5.82 Å². The number of hydrogen-bond acceptors (Lipinski definition) is 4. The minimum Gasteiger partial charge on any atom is -0.351 e. The Bertz CT molecular complexity index is 322. The predicted octanol–water partition coefficient (Wildman–Crippen LogP) is 1.36. The van der Waals surface area contributed by atoms with Crippen molar-refractivity contribution in [3.63, 3.8) is 0 Å². The van der Waals surface area contributed by atoms with Crippen LogP contribution in [-0.4, -0.2) is 35.9 Å². The molecule has 4 heteroatoms. The average molecular weight is 220 g/mol. The third kappa shape index (κ3) is 2.50. The summed E-state index contributed by atoms with van der Waals surface area (Å²) in [6.45, 7) is 7.30. The number of likely N-dealkylation sites (N-methyl/N-ethyl adjacent to an activating group) is 1. The Morgan fingerprint density at radius 3 is 3.00 bits per heavy atom. The van der Waals surface area contributed by atoms with Gasteiger partial charge in [0.05, 0.1) is 5.69 Å². The lowest BCUT2D eigenvalue weighted by molar-refractivity contribution is 0.583. The molecule has 1 aliphatic rings. The maximum atomic E-state index is 4.27. The molecule has 1 fully saturated rings. The van der Waals surface area contributed by atoms with Gasteiger partial charge in [0.2, 0.25) is 0 Å². The van der Waals surface area contributed by atoms with E-state index in [4.69, 9.17) is 0 Å². The van der Waals surface area contributed by atoms with E-state index in [1.54, 1.807) is 0 Å². The fourth-order valence-corrected chi connectivity index (χ4v) is 2.21. The summed E-state index contributed by atoms with van der Waals surface area (Å²) in [5.41, 5.74) is 0.978. The number of nitrogens with zero attached hydrogens (tertiary/aromatic N) is 3. The zero-order valence-corrected chi connectivity index (χ0v) is 10.1. The zero-order valence-electron chi connectivity index (χ0n) is 10.1. The molecule has 1 aromatic rings. The van der Waals surface area contributed by atoms with E-state index in [9.17, 15) is 0 Å². The van der Waals surface area contributed by atoms with Crippen LogP contribution in [0.2, 0.25) is 0 Å². The molecule has 1 atom stereocenters. The summed E-state index contributed by atoms with van der Waals surface area (Å²) in [7, 11) is 0. The van der Waals surface area contributed by atoms with Crippen LogP contribution in [0.1, 0.15) is 25.5 Å². The van der Waals surface area contributed by atoms with E-state index in [2.05, 4.69) is 33.4 Å². The summed E-state index contributed by atoms with van der Waals surface area (Å²) in [4.78, 5) is 2.37. The third-order valence-corrected chi connectivity index (χ3v) is 3.09. The van der Waals surface area contributed by atoms with Gasteiger partial charge in [0.25, 0.3) is 0 Å². The number of aromatic nitrogens is 2. The van der Waals surface area contributed by atoms with Crippen molar-refractivity contribution in [1.29, 1.82) is 0 Å². The number of hydrogen-bond donors (Lipinski definition) is 1. The molecule has 1 aromatic heterocycles. The Kier molecular flexibility index (Phi) is 3.72. The van der Waals surface area contributed by atoms with Crippen LogP contribution in [0.4, 0.5) is 5.82 Å². The highest BCUT2D eigenvalue weighted by atomic mass is 15.3. The van der Waals surface area contributed by atoms with Gasteiger partial charge in [0, 0.05) is 19.1 Å². The van der Waals surface area contributed by atoms with Crippen LogP contribution in [0, 0.1) is 6.92 Å². The molecule has 1 N–H and O–H groups in total.